The Balaban J connectivity index is 1.58. The molecule has 0 fully saturated rings. The maximum Gasteiger partial charge on any atom is 0.229 e. The van der Waals surface area contributed by atoms with Gasteiger partial charge in [-0.05, 0) is 37.1 Å². The summed E-state index contributed by atoms with van der Waals surface area (Å²) in [4.78, 5) is 13.6. The minimum atomic E-state index is 0.556. The van der Waals surface area contributed by atoms with Gasteiger partial charge in [-0.3, -0.25) is 4.98 Å². The first kappa shape index (κ1) is 17.0. The fraction of sp³-hybridized carbons (Fsp3) is 0.136. The van der Waals surface area contributed by atoms with Gasteiger partial charge in [0.2, 0.25) is 5.95 Å². The first-order valence-corrected chi connectivity index (χ1v) is 8.94. The van der Waals surface area contributed by atoms with E-state index in [0.717, 1.165) is 34.6 Å². The first-order valence-electron chi connectivity index (χ1n) is 8.94. The van der Waals surface area contributed by atoms with Crippen LogP contribution in [0, 0.1) is 13.8 Å². The van der Waals surface area contributed by atoms with Crippen molar-refractivity contribution in [3.63, 3.8) is 0 Å². The van der Waals surface area contributed by atoms with Crippen molar-refractivity contribution in [1.29, 1.82) is 0 Å². The minimum Gasteiger partial charge on any atom is -0.366 e. The number of hydrogen-bond acceptors (Lipinski definition) is 5. The number of nitrogens with zero attached hydrogens (tertiary/aromatic N) is 3. The van der Waals surface area contributed by atoms with E-state index >= 15 is 0 Å². The smallest absolute Gasteiger partial charge is 0.229 e. The van der Waals surface area contributed by atoms with Gasteiger partial charge in [0.05, 0.1) is 11.2 Å². The Morgan fingerprint density at radius 3 is 2.63 bits per heavy atom. The number of aromatic nitrogens is 3. The molecule has 0 unspecified atom stereocenters. The lowest BCUT2D eigenvalue weighted by molar-refractivity contribution is 1.05. The minimum absolute atomic E-state index is 0.556. The molecule has 0 radical (unpaired) electrons. The van der Waals surface area contributed by atoms with Gasteiger partial charge in [-0.25, -0.2) is 4.98 Å². The highest BCUT2D eigenvalue weighted by Crippen LogP contribution is 2.24. The van der Waals surface area contributed by atoms with E-state index in [4.69, 9.17) is 0 Å². The third-order valence-electron chi connectivity index (χ3n) is 4.45. The van der Waals surface area contributed by atoms with Gasteiger partial charge in [0, 0.05) is 29.9 Å². The molecule has 4 aromatic rings. The number of fused-ring (bicyclic) bond motifs is 1. The van der Waals surface area contributed by atoms with Gasteiger partial charge in [-0.15, -0.1) is 0 Å². The summed E-state index contributed by atoms with van der Waals surface area (Å²) in [7, 11) is 0. The molecule has 2 aromatic heterocycles. The third-order valence-corrected chi connectivity index (χ3v) is 4.45. The van der Waals surface area contributed by atoms with Crippen LogP contribution in [-0.4, -0.2) is 15.0 Å². The summed E-state index contributed by atoms with van der Waals surface area (Å²) in [5.74, 6) is 1.35. The Labute approximate surface area is 158 Å². The molecule has 4 rings (SSSR count). The quantitative estimate of drug-likeness (QED) is 0.528. The Hall–Kier alpha value is -3.47. The molecule has 0 bridgehead atoms. The number of para-hydroxylation sites is 1. The second kappa shape index (κ2) is 7.41. The van der Waals surface area contributed by atoms with Crippen LogP contribution in [0.25, 0.3) is 10.9 Å². The Morgan fingerprint density at radius 1 is 0.889 bits per heavy atom. The van der Waals surface area contributed by atoms with Crippen molar-refractivity contribution >= 4 is 28.4 Å². The van der Waals surface area contributed by atoms with Crippen LogP contribution in [0.3, 0.4) is 0 Å². The second-order valence-electron chi connectivity index (χ2n) is 6.50. The van der Waals surface area contributed by atoms with Gasteiger partial charge < -0.3 is 10.6 Å². The summed E-state index contributed by atoms with van der Waals surface area (Å²) in [5, 5.41) is 7.79. The topological polar surface area (TPSA) is 62.7 Å². The summed E-state index contributed by atoms with van der Waals surface area (Å²) < 4.78 is 0. The summed E-state index contributed by atoms with van der Waals surface area (Å²) in [6.45, 7) is 4.80. The average molecular weight is 355 g/mol. The van der Waals surface area contributed by atoms with E-state index < -0.39 is 0 Å². The monoisotopic (exact) mass is 355 g/mol. The van der Waals surface area contributed by atoms with Crippen molar-refractivity contribution in [2.75, 3.05) is 10.6 Å². The predicted octanol–water partition coefficient (Wildman–Crippen LogP) is 5.00. The van der Waals surface area contributed by atoms with E-state index in [1.165, 1.54) is 11.1 Å². The molecular weight excluding hydrogens is 334 g/mol. The molecule has 134 valence electrons. The number of hydrogen-bond donors (Lipinski definition) is 2. The van der Waals surface area contributed by atoms with Crippen molar-refractivity contribution in [2.24, 2.45) is 0 Å². The van der Waals surface area contributed by atoms with Gasteiger partial charge in [0.25, 0.3) is 0 Å². The summed E-state index contributed by atoms with van der Waals surface area (Å²) in [6.07, 6.45) is 1.79. The largest absolute Gasteiger partial charge is 0.366 e. The van der Waals surface area contributed by atoms with E-state index in [1.807, 2.05) is 49.4 Å². The number of nitrogens with one attached hydrogen (secondary N) is 2. The maximum absolute atomic E-state index is 4.62. The van der Waals surface area contributed by atoms with E-state index in [0.29, 0.717) is 5.95 Å². The summed E-state index contributed by atoms with van der Waals surface area (Å²) in [5.41, 5.74) is 5.20. The van der Waals surface area contributed by atoms with E-state index in [1.54, 1.807) is 6.20 Å². The zero-order chi connectivity index (χ0) is 18.6. The Morgan fingerprint density at radius 2 is 1.74 bits per heavy atom. The van der Waals surface area contributed by atoms with Crippen LogP contribution in [-0.2, 0) is 6.54 Å². The zero-order valence-electron chi connectivity index (χ0n) is 15.4. The van der Waals surface area contributed by atoms with Crippen molar-refractivity contribution in [3.05, 3.63) is 83.7 Å². The Bertz CT molecular complexity index is 1090. The fourth-order valence-electron chi connectivity index (χ4n) is 3.03. The highest BCUT2D eigenvalue weighted by molar-refractivity contribution is 5.91. The predicted molar refractivity (Wildman–Crippen MR) is 110 cm³/mol. The lowest BCUT2D eigenvalue weighted by Crippen LogP contribution is -2.06. The molecule has 0 aliphatic carbocycles. The molecule has 0 aliphatic rings. The van der Waals surface area contributed by atoms with Crippen molar-refractivity contribution in [2.45, 2.75) is 20.4 Å². The van der Waals surface area contributed by atoms with Crippen molar-refractivity contribution in [1.82, 2.24) is 15.0 Å². The van der Waals surface area contributed by atoms with Gasteiger partial charge in [0.1, 0.15) is 5.82 Å². The lowest BCUT2D eigenvalue weighted by Gasteiger charge is -2.12. The van der Waals surface area contributed by atoms with Crippen molar-refractivity contribution < 1.29 is 0 Å². The molecule has 0 aliphatic heterocycles. The molecule has 5 nitrogen and oxygen atoms in total. The molecule has 2 heterocycles. The molecule has 0 atom stereocenters. The van der Waals surface area contributed by atoms with Crippen LogP contribution in [0.2, 0.25) is 0 Å². The molecular formula is C22H21N5. The van der Waals surface area contributed by atoms with E-state index in [-0.39, 0.29) is 0 Å². The molecule has 2 aromatic carbocycles. The second-order valence-corrected chi connectivity index (χ2v) is 6.50. The maximum atomic E-state index is 4.62. The number of anilines is 3. The molecule has 2 N–H and O–H groups in total. The van der Waals surface area contributed by atoms with Crippen LogP contribution in [0.4, 0.5) is 17.5 Å². The molecule has 0 saturated heterocycles. The van der Waals surface area contributed by atoms with Gasteiger partial charge in [0.15, 0.2) is 0 Å². The highest BCUT2D eigenvalue weighted by Gasteiger charge is 2.07. The SMILES string of the molecule is Cc1cc(NCc2ccccc2C)nc(Nc2cccc3cccnc23)n1. The molecule has 0 spiro atoms. The molecule has 5 heteroatoms. The third kappa shape index (κ3) is 3.87. The van der Waals surface area contributed by atoms with Gasteiger partial charge >= 0.3 is 0 Å². The number of aryl methyl sites for hydroxylation is 2. The summed E-state index contributed by atoms with van der Waals surface area (Å²) >= 11 is 0. The van der Waals surface area contributed by atoms with Gasteiger partial charge in [-0.1, -0.05) is 42.5 Å². The first-order chi connectivity index (χ1) is 13.2. The van der Waals surface area contributed by atoms with Gasteiger partial charge in [-0.2, -0.15) is 4.98 Å². The molecule has 0 amide bonds. The Kier molecular flexibility index (Phi) is 4.66. The fourth-order valence-corrected chi connectivity index (χ4v) is 3.03. The van der Waals surface area contributed by atoms with E-state index in [2.05, 4.69) is 50.7 Å². The number of pyridine rings is 1. The standard InChI is InChI=1S/C22H21N5/c1-15-7-3-4-8-18(15)14-24-20-13-16(2)25-22(27-20)26-19-11-5-9-17-10-6-12-23-21(17)19/h3-13H,14H2,1-2H3,(H2,24,25,26,27). The van der Waals surface area contributed by atoms with Crippen LogP contribution >= 0.6 is 0 Å². The van der Waals surface area contributed by atoms with E-state index in [9.17, 15) is 0 Å². The van der Waals surface area contributed by atoms with Crippen molar-refractivity contribution in [3.8, 4) is 0 Å². The molecule has 0 saturated carbocycles. The van der Waals surface area contributed by atoms with Crippen LogP contribution in [0.5, 0.6) is 0 Å². The normalized spacial score (nSPS) is 10.7. The number of benzene rings is 2. The number of rotatable bonds is 5. The van der Waals surface area contributed by atoms with Crippen LogP contribution in [0.1, 0.15) is 16.8 Å². The summed E-state index contributed by atoms with van der Waals surface area (Å²) in [6, 6.07) is 20.3. The zero-order valence-corrected chi connectivity index (χ0v) is 15.4. The molecule has 27 heavy (non-hydrogen) atoms. The highest BCUT2D eigenvalue weighted by atomic mass is 15.1. The van der Waals surface area contributed by atoms with Crippen LogP contribution in [0.15, 0.2) is 66.9 Å². The average Bonchev–Trinajstić information content (AvgIpc) is 2.67. The van der Waals surface area contributed by atoms with Crippen LogP contribution < -0.4 is 10.6 Å². The lowest BCUT2D eigenvalue weighted by atomic mass is 10.1.